The van der Waals surface area contributed by atoms with Crippen LogP contribution in [0.15, 0.2) is 23.1 Å². The van der Waals surface area contributed by atoms with Crippen molar-refractivity contribution < 1.29 is 13.5 Å². The van der Waals surface area contributed by atoms with E-state index < -0.39 is 15.6 Å². The van der Waals surface area contributed by atoms with Crippen LogP contribution in [0.25, 0.3) is 0 Å². The Hall–Kier alpha value is -0.910. The molecule has 0 saturated carbocycles. The molecule has 18 heavy (non-hydrogen) atoms. The van der Waals surface area contributed by atoms with Gasteiger partial charge in [0.05, 0.1) is 10.5 Å². The van der Waals surface area contributed by atoms with Crippen LogP contribution in [-0.2, 0) is 10.0 Å². The topological polar surface area (TPSA) is 57.6 Å². The lowest BCUT2D eigenvalue weighted by Gasteiger charge is -2.19. The second-order valence-electron chi connectivity index (χ2n) is 5.41. The van der Waals surface area contributed by atoms with Crippen LogP contribution in [0.1, 0.15) is 24.5 Å². The van der Waals surface area contributed by atoms with E-state index in [1.165, 1.54) is 4.31 Å². The molecule has 0 radical (unpaired) electrons. The molecule has 5 heteroatoms. The zero-order valence-corrected chi connectivity index (χ0v) is 11.8. The highest BCUT2D eigenvalue weighted by Gasteiger charge is 2.38. The van der Waals surface area contributed by atoms with Crippen molar-refractivity contribution >= 4 is 10.0 Å². The third-order valence-corrected chi connectivity index (χ3v) is 5.07. The maximum Gasteiger partial charge on any atom is 0.243 e. The fourth-order valence-corrected chi connectivity index (χ4v) is 4.09. The number of hydrogen-bond donors (Lipinski definition) is 1. The van der Waals surface area contributed by atoms with Gasteiger partial charge < -0.3 is 5.11 Å². The molecule has 1 aliphatic rings. The average Bonchev–Trinajstić information content (AvgIpc) is 2.58. The van der Waals surface area contributed by atoms with Gasteiger partial charge in [0.25, 0.3) is 0 Å². The summed E-state index contributed by atoms with van der Waals surface area (Å²) in [7, 11) is -3.48. The highest BCUT2D eigenvalue weighted by molar-refractivity contribution is 7.89. The van der Waals surface area contributed by atoms with Crippen molar-refractivity contribution in [2.75, 3.05) is 13.1 Å². The van der Waals surface area contributed by atoms with Gasteiger partial charge in [0.1, 0.15) is 0 Å². The number of sulfonamides is 1. The second kappa shape index (κ2) is 4.33. The Bertz CT molecular complexity index is 543. The first-order valence-corrected chi connectivity index (χ1v) is 7.46. The van der Waals surface area contributed by atoms with Crippen molar-refractivity contribution in [3.63, 3.8) is 0 Å². The van der Waals surface area contributed by atoms with E-state index in [-0.39, 0.29) is 6.54 Å². The van der Waals surface area contributed by atoms with Crippen LogP contribution in [0.2, 0.25) is 0 Å². The van der Waals surface area contributed by atoms with Crippen LogP contribution in [0.5, 0.6) is 0 Å². The van der Waals surface area contributed by atoms with Crippen LogP contribution in [0.4, 0.5) is 0 Å². The summed E-state index contributed by atoms with van der Waals surface area (Å²) in [6.45, 7) is 5.98. The molecule has 1 N–H and O–H groups in total. The van der Waals surface area contributed by atoms with E-state index in [0.29, 0.717) is 17.9 Å². The smallest absolute Gasteiger partial charge is 0.243 e. The number of β-amino-alcohol motifs (C(OH)–C–C–N with tert-alkyl or cyclic N) is 1. The predicted octanol–water partition coefficient (Wildman–Crippen LogP) is 1.45. The Kier molecular flexibility index (Phi) is 3.25. The SMILES string of the molecule is Cc1cc(C)cc(S(=O)(=O)N2CCC(C)(O)C2)c1. The first kappa shape index (κ1) is 13.5. The number of aryl methyl sites for hydroxylation is 2. The molecular formula is C13H19NO3S. The van der Waals surface area contributed by atoms with E-state index >= 15 is 0 Å². The van der Waals surface area contributed by atoms with Crippen molar-refractivity contribution in [3.8, 4) is 0 Å². The lowest BCUT2D eigenvalue weighted by atomic mass is 10.1. The van der Waals surface area contributed by atoms with Crippen molar-refractivity contribution in [2.24, 2.45) is 0 Å². The van der Waals surface area contributed by atoms with Crippen molar-refractivity contribution in [1.29, 1.82) is 0 Å². The number of benzene rings is 1. The molecule has 0 aliphatic carbocycles. The van der Waals surface area contributed by atoms with Gasteiger partial charge >= 0.3 is 0 Å². The summed E-state index contributed by atoms with van der Waals surface area (Å²) in [5.74, 6) is 0. The van der Waals surface area contributed by atoms with Crippen LogP contribution >= 0.6 is 0 Å². The summed E-state index contributed by atoms with van der Waals surface area (Å²) in [4.78, 5) is 0.317. The number of hydrogen-bond acceptors (Lipinski definition) is 3. The highest BCUT2D eigenvalue weighted by atomic mass is 32.2. The maximum atomic E-state index is 12.4. The molecule has 1 heterocycles. The molecular weight excluding hydrogens is 250 g/mol. The first-order chi connectivity index (χ1) is 8.21. The summed E-state index contributed by atoms with van der Waals surface area (Å²) in [6.07, 6.45) is 0.483. The lowest BCUT2D eigenvalue weighted by molar-refractivity contribution is 0.0762. The minimum atomic E-state index is -3.48. The molecule has 0 amide bonds. The Morgan fingerprint density at radius 1 is 1.22 bits per heavy atom. The minimum Gasteiger partial charge on any atom is -0.389 e. The zero-order chi connectivity index (χ0) is 13.6. The molecule has 1 saturated heterocycles. The Morgan fingerprint density at radius 2 is 1.78 bits per heavy atom. The third kappa shape index (κ3) is 2.58. The van der Waals surface area contributed by atoms with Gasteiger partial charge in [-0.2, -0.15) is 4.31 Å². The zero-order valence-electron chi connectivity index (χ0n) is 11.0. The Labute approximate surface area is 108 Å². The van der Waals surface area contributed by atoms with Gasteiger partial charge in [-0.15, -0.1) is 0 Å². The third-order valence-electron chi connectivity index (χ3n) is 3.25. The molecule has 1 unspecified atom stereocenters. The normalized spacial score (nSPS) is 25.6. The van der Waals surface area contributed by atoms with Crippen molar-refractivity contribution in [2.45, 2.75) is 37.7 Å². The molecule has 100 valence electrons. The number of aliphatic hydroxyl groups is 1. The molecule has 0 spiro atoms. The number of nitrogens with zero attached hydrogens (tertiary/aromatic N) is 1. The summed E-state index contributed by atoms with van der Waals surface area (Å²) < 4.78 is 26.2. The monoisotopic (exact) mass is 269 g/mol. The quantitative estimate of drug-likeness (QED) is 0.884. The fourth-order valence-electron chi connectivity index (χ4n) is 2.34. The molecule has 0 aromatic heterocycles. The summed E-state index contributed by atoms with van der Waals surface area (Å²) >= 11 is 0. The van der Waals surface area contributed by atoms with E-state index in [4.69, 9.17) is 0 Å². The first-order valence-electron chi connectivity index (χ1n) is 6.02. The lowest BCUT2D eigenvalue weighted by Crippen LogP contribution is -2.34. The van der Waals surface area contributed by atoms with Gasteiger partial charge in [0.2, 0.25) is 10.0 Å². The van der Waals surface area contributed by atoms with Gasteiger partial charge in [-0.25, -0.2) is 8.42 Å². The molecule has 1 aromatic carbocycles. The largest absolute Gasteiger partial charge is 0.389 e. The molecule has 1 fully saturated rings. The van der Waals surface area contributed by atoms with Crippen molar-refractivity contribution in [3.05, 3.63) is 29.3 Å². The highest BCUT2D eigenvalue weighted by Crippen LogP contribution is 2.27. The minimum absolute atomic E-state index is 0.169. The molecule has 1 aliphatic heterocycles. The standard InChI is InChI=1S/C13H19NO3S/c1-10-6-11(2)8-12(7-10)18(16,17)14-5-4-13(3,15)9-14/h6-8,15H,4-5,9H2,1-3H3. The van der Waals surface area contributed by atoms with E-state index in [0.717, 1.165) is 11.1 Å². The average molecular weight is 269 g/mol. The predicted molar refractivity (Wildman–Crippen MR) is 69.9 cm³/mol. The molecule has 2 rings (SSSR count). The molecule has 1 aromatic rings. The van der Waals surface area contributed by atoms with Gasteiger partial charge in [0.15, 0.2) is 0 Å². The van der Waals surface area contributed by atoms with Crippen LogP contribution in [0, 0.1) is 13.8 Å². The van der Waals surface area contributed by atoms with Crippen molar-refractivity contribution in [1.82, 2.24) is 4.31 Å². The van der Waals surface area contributed by atoms with E-state index in [2.05, 4.69) is 0 Å². The summed E-state index contributed by atoms with van der Waals surface area (Å²) in [5.41, 5.74) is 0.949. The number of rotatable bonds is 2. The molecule has 4 nitrogen and oxygen atoms in total. The Morgan fingerprint density at radius 3 is 2.22 bits per heavy atom. The molecule has 1 atom stereocenters. The Balaban J connectivity index is 2.37. The maximum absolute atomic E-state index is 12.4. The van der Waals surface area contributed by atoms with Crippen LogP contribution < -0.4 is 0 Å². The second-order valence-corrected chi connectivity index (χ2v) is 7.35. The molecule has 0 bridgehead atoms. The summed E-state index contributed by atoms with van der Waals surface area (Å²) in [5, 5.41) is 9.88. The van der Waals surface area contributed by atoms with Gasteiger partial charge in [-0.05, 0) is 50.5 Å². The van der Waals surface area contributed by atoms with Crippen LogP contribution in [-0.4, -0.2) is 36.5 Å². The van der Waals surface area contributed by atoms with E-state index in [1.54, 1.807) is 19.1 Å². The van der Waals surface area contributed by atoms with E-state index in [9.17, 15) is 13.5 Å². The van der Waals surface area contributed by atoms with Gasteiger partial charge in [0, 0.05) is 13.1 Å². The van der Waals surface area contributed by atoms with Gasteiger partial charge in [-0.3, -0.25) is 0 Å². The van der Waals surface area contributed by atoms with Crippen LogP contribution in [0.3, 0.4) is 0 Å². The van der Waals surface area contributed by atoms with Gasteiger partial charge in [-0.1, -0.05) is 6.07 Å². The summed E-state index contributed by atoms with van der Waals surface area (Å²) in [6, 6.07) is 5.30. The fraction of sp³-hybridized carbons (Fsp3) is 0.538. The van der Waals surface area contributed by atoms with E-state index in [1.807, 2.05) is 19.9 Å².